The molecule has 2 heterocycles. The molecule has 3 rings (SSSR count). The highest BCUT2D eigenvalue weighted by molar-refractivity contribution is 5.82. The molecule has 0 N–H and O–H groups in total. The molecule has 0 aliphatic heterocycles. The summed E-state index contributed by atoms with van der Waals surface area (Å²) < 4.78 is 6.89. The summed E-state index contributed by atoms with van der Waals surface area (Å²) in [4.78, 5) is 14.5. The maximum atomic E-state index is 10.8. The molecule has 0 aliphatic carbocycles. The molecule has 0 saturated heterocycles. The second kappa shape index (κ2) is 4.20. The third kappa shape index (κ3) is 2.05. The van der Waals surface area contributed by atoms with Crippen LogP contribution in [0.4, 0.5) is 5.69 Å². The lowest BCUT2D eigenvalue weighted by molar-refractivity contribution is -0.384. The molecule has 96 valence electrons. The molecular weight excluding hydrogens is 248 g/mol. The molecule has 0 fully saturated rings. The first-order valence-electron chi connectivity index (χ1n) is 5.66. The van der Waals surface area contributed by atoms with E-state index in [1.807, 2.05) is 16.8 Å². The van der Waals surface area contributed by atoms with Crippen molar-refractivity contribution in [3.8, 4) is 0 Å². The molecule has 0 atom stereocenters. The lowest BCUT2D eigenvalue weighted by Crippen LogP contribution is -1.98. The second-order valence-electron chi connectivity index (χ2n) is 4.18. The number of hydrogen-bond acceptors (Lipinski definition) is 5. The van der Waals surface area contributed by atoms with Gasteiger partial charge in [-0.05, 0) is 19.1 Å². The Morgan fingerprint density at radius 2 is 2.26 bits per heavy atom. The highest BCUT2D eigenvalue weighted by Crippen LogP contribution is 2.22. The van der Waals surface area contributed by atoms with Gasteiger partial charge in [-0.2, -0.15) is 4.98 Å². The predicted octanol–water partition coefficient (Wildman–Crippen LogP) is 2.29. The van der Waals surface area contributed by atoms with E-state index in [4.69, 9.17) is 4.52 Å². The number of nitrogens with zero attached hydrogens (tertiary/aromatic N) is 4. The van der Waals surface area contributed by atoms with Gasteiger partial charge < -0.3 is 9.09 Å². The molecule has 0 bridgehead atoms. The zero-order valence-electron chi connectivity index (χ0n) is 10.1. The predicted molar refractivity (Wildman–Crippen MR) is 66.7 cm³/mol. The van der Waals surface area contributed by atoms with Crippen LogP contribution in [0.2, 0.25) is 0 Å². The quantitative estimate of drug-likeness (QED) is 0.531. The summed E-state index contributed by atoms with van der Waals surface area (Å²) in [6.07, 6.45) is 1.84. The lowest BCUT2D eigenvalue weighted by Gasteiger charge is -2.01. The molecule has 0 amide bonds. The van der Waals surface area contributed by atoms with Gasteiger partial charge >= 0.3 is 0 Å². The fourth-order valence-electron chi connectivity index (χ4n) is 1.97. The molecule has 0 unspecified atom stereocenters. The van der Waals surface area contributed by atoms with Gasteiger partial charge in [0.25, 0.3) is 5.69 Å². The van der Waals surface area contributed by atoms with Gasteiger partial charge in [-0.25, -0.2) is 0 Å². The van der Waals surface area contributed by atoms with Crippen molar-refractivity contribution in [2.24, 2.45) is 0 Å². The number of aromatic nitrogens is 3. The molecular formula is C12H10N4O3. The third-order valence-corrected chi connectivity index (χ3v) is 2.84. The smallest absolute Gasteiger partial charge is 0.271 e. The average Bonchev–Trinajstić information content (AvgIpc) is 2.96. The number of non-ortho nitro benzene ring substituents is 1. The Labute approximate surface area is 107 Å². The van der Waals surface area contributed by atoms with Crippen LogP contribution in [0, 0.1) is 17.0 Å². The van der Waals surface area contributed by atoms with Crippen LogP contribution in [0.5, 0.6) is 0 Å². The van der Waals surface area contributed by atoms with E-state index in [1.54, 1.807) is 19.1 Å². The first-order valence-corrected chi connectivity index (χ1v) is 5.66. The normalized spacial score (nSPS) is 11.0. The van der Waals surface area contributed by atoms with Crippen LogP contribution in [0.1, 0.15) is 11.7 Å². The van der Waals surface area contributed by atoms with Crippen LogP contribution >= 0.6 is 0 Å². The molecule has 0 saturated carbocycles. The van der Waals surface area contributed by atoms with Crippen LogP contribution < -0.4 is 0 Å². The van der Waals surface area contributed by atoms with Crippen LogP contribution in [0.25, 0.3) is 10.9 Å². The summed E-state index contributed by atoms with van der Waals surface area (Å²) in [5, 5.41) is 15.4. The first kappa shape index (κ1) is 11.4. The molecule has 0 radical (unpaired) electrons. The monoisotopic (exact) mass is 258 g/mol. The van der Waals surface area contributed by atoms with Crippen molar-refractivity contribution in [2.45, 2.75) is 13.5 Å². The topological polar surface area (TPSA) is 87.0 Å². The van der Waals surface area contributed by atoms with Crippen LogP contribution in [0.15, 0.2) is 35.0 Å². The van der Waals surface area contributed by atoms with Gasteiger partial charge in [0.2, 0.25) is 5.89 Å². The number of hydrogen-bond donors (Lipinski definition) is 0. The van der Waals surface area contributed by atoms with E-state index in [0.717, 1.165) is 10.9 Å². The Morgan fingerprint density at radius 1 is 1.42 bits per heavy atom. The number of aryl methyl sites for hydroxylation is 1. The lowest BCUT2D eigenvalue weighted by atomic mass is 10.2. The summed E-state index contributed by atoms with van der Waals surface area (Å²) in [7, 11) is 0. The summed E-state index contributed by atoms with van der Waals surface area (Å²) >= 11 is 0. The minimum atomic E-state index is -0.409. The Hall–Kier alpha value is -2.70. The Kier molecular flexibility index (Phi) is 2.52. The molecule has 7 heteroatoms. The van der Waals surface area contributed by atoms with Crippen molar-refractivity contribution < 1.29 is 9.45 Å². The minimum absolute atomic E-state index is 0.0640. The standard InChI is InChI=1S/C12H10N4O3/c1-8-13-12(19-14-8)7-15-5-4-9-2-3-10(16(17)18)6-11(9)15/h2-6H,7H2,1H3. The SMILES string of the molecule is Cc1noc(Cn2ccc3ccc([N+](=O)[O-])cc32)n1. The van der Waals surface area contributed by atoms with Gasteiger partial charge in [0.05, 0.1) is 10.4 Å². The van der Waals surface area contributed by atoms with Gasteiger partial charge in [-0.1, -0.05) is 5.16 Å². The van der Waals surface area contributed by atoms with Crippen molar-refractivity contribution in [1.82, 2.24) is 14.7 Å². The molecule has 1 aromatic carbocycles. The zero-order valence-corrected chi connectivity index (χ0v) is 10.1. The van der Waals surface area contributed by atoms with E-state index >= 15 is 0 Å². The zero-order chi connectivity index (χ0) is 13.4. The maximum Gasteiger partial charge on any atom is 0.271 e. The van der Waals surface area contributed by atoms with Crippen molar-refractivity contribution in [1.29, 1.82) is 0 Å². The van der Waals surface area contributed by atoms with Crippen molar-refractivity contribution >= 4 is 16.6 Å². The van der Waals surface area contributed by atoms with E-state index in [1.165, 1.54) is 6.07 Å². The highest BCUT2D eigenvalue weighted by Gasteiger charge is 2.11. The van der Waals surface area contributed by atoms with E-state index in [9.17, 15) is 10.1 Å². The molecule has 7 nitrogen and oxygen atoms in total. The highest BCUT2D eigenvalue weighted by atomic mass is 16.6. The second-order valence-corrected chi connectivity index (χ2v) is 4.18. The number of rotatable bonds is 3. The first-order chi connectivity index (χ1) is 9.13. The van der Waals surface area contributed by atoms with Crippen LogP contribution in [0.3, 0.4) is 0 Å². The third-order valence-electron chi connectivity index (χ3n) is 2.84. The minimum Gasteiger partial charge on any atom is -0.338 e. The molecule has 2 aromatic heterocycles. The summed E-state index contributed by atoms with van der Waals surface area (Å²) in [5.41, 5.74) is 0.833. The van der Waals surface area contributed by atoms with Gasteiger partial charge in [0, 0.05) is 23.7 Å². The fourth-order valence-corrected chi connectivity index (χ4v) is 1.97. The van der Waals surface area contributed by atoms with Gasteiger partial charge in [-0.15, -0.1) is 0 Å². The van der Waals surface area contributed by atoms with Gasteiger partial charge in [-0.3, -0.25) is 10.1 Å². The van der Waals surface area contributed by atoms with Gasteiger partial charge in [0.1, 0.15) is 6.54 Å². The average molecular weight is 258 g/mol. The van der Waals surface area contributed by atoms with E-state index in [0.29, 0.717) is 18.3 Å². The van der Waals surface area contributed by atoms with Crippen LogP contribution in [-0.2, 0) is 6.54 Å². The molecule has 19 heavy (non-hydrogen) atoms. The Bertz CT molecular complexity index is 759. The van der Waals surface area contributed by atoms with Crippen molar-refractivity contribution in [3.05, 3.63) is 52.3 Å². The number of fused-ring (bicyclic) bond motifs is 1. The number of nitro benzene ring substituents is 1. The number of benzene rings is 1. The van der Waals surface area contributed by atoms with E-state index in [-0.39, 0.29) is 5.69 Å². The van der Waals surface area contributed by atoms with E-state index < -0.39 is 4.92 Å². The van der Waals surface area contributed by atoms with Crippen molar-refractivity contribution in [3.63, 3.8) is 0 Å². The van der Waals surface area contributed by atoms with Crippen LogP contribution in [-0.4, -0.2) is 19.6 Å². The maximum absolute atomic E-state index is 10.8. The van der Waals surface area contributed by atoms with Gasteiger partial charge in [0.15, 0.2) is 5.82 Å². The summed E-state index contributed by atoms with van der Waals surface area (Å²) in [6, 6.07) is 6.65. The fraction of sp³-hybridized carbons (Fsp3) is 0.167. The van der Waals surface area contributed by atoms with Crippen molar-refractivity contribution in [2.75, 3.05) is 0 Å². The number of nitro groups is 1. The summed E-state index contributed by atoms with van der Waals surface area (Å²) in [6.45, 7) is 2.14. The molecule has 0 spiro atoms. The molecule has 0 aliphatic rings. The summed E-state index contributed by atoms with van der Waals surface area (Å²) in [5.74, 6) is 1.04. The largest absolute Gasteiger partial charge is 0.338 e. The molecule has 3 aromatic rings. The Balaban J connectivity index is 2.03. The van der Waals surface area contributed by atoms with E-state index in [2.05, 4.69) is 10.1 Å². The Morgan fingerprint density at radius 3 is 2.95 bits per heavy atom.